The summed E-state index contributed by atoms with van der Waals surface area (Å²) in [6, 6.07) is 8.49. The van der Waals surface area contributed by atoms with Crippen molar-refractivity contribution in [1.29, 1.82) is 0 Å². The Kier molecular flexibility index (Phi) is 7.05. The number of amides is 3. The van der Waals surface area contributed by atoms with E-state index in [1.54, 1.807) is 24.3 Å². The Balaban J connectivity index is 1.64. The zero-order valence-electron chi connectivity index (χ0n) is 21.5. The van der Waals surface area contributed by atoms with Crippen molar-refractivity contribution in [3.05, 3.63) is 87.5 Å². The number of allylic oxidation sites excluding steroid dienone is 5. The monoisotopic (exact) mass is 566 g/mol. The van der Waals surface area contributed by atoms with E-state index >= 15 is 0 Å². The number of nitrogens with two attached hydrogens (primary N) is 1. The Hall–Kier alpha value is -3.59. The number of nitrogens with one attached hydrogen (secondary N) is 3. The van der Waals surface area contributed by atoms with Crippen molar-refractivity contribution in [2.45, 2.75) is 31.3 Å². The molecule has 0 bridgehead atoms. The van der Waals surface area contributed by atoms with Gasteiger partial charge in [0.15, 0.2) is 0 Å². The molecule has 5 rings (SSSR count). The number of primary amides is 1. The summed E-state index contributed by atoms with van der Waals surface area (Å²) >= 11 is 13.0. The number of anilines is 2. The molecule has 5 atom stereocenters. The summed E-state index contributed by atoms with van der Waals surface area (Å²) in [5, 5.41) is 10.4. The molecule has 2 unspecified atom stereocenters. The summed E-state index contributed by atoms with van der Waals surface area (Å²) in [4.78, 5) is 39.7. The average Bonchev–Trinajstić information content (AvgIpc) is 3.53. The van der Waals surface area contributed by atoms with Crippen molar-refractivity contribution in [3.63, 3.8) is 0 Å². The number of ether oxygens (including phenoxy) is 1. The van der Waals surface area contributed by atoms with Crippen LogP contribution in [0, 0.1) is 11.8 Å². The Bertz CT molecular complexity index is 1480. The molecule has 0 saturated carbocycles. The van der Waals surface area contributed by atoms with E-state index in [0.29, 0.717) is 21.4 Å². The first-order valence-corrected chi connectivity index (χ1v) is 13.2. The quantitative estimate of drug-likeness (QED) is 0.383. The summed E-state index contributed by atoms with van der Waals surface area (Å²) in [5.41, 5.74) is 7.19. The van der Waals surface area contributed by atoms with Crippen LogP contribution in [0.15, 0.2) is 71.3 Å². The van der Waals surface area contributed by atoms with Crippen molar-refractivity contribution in [2.75, 3.05) is 17.7 Å². The maximum atomic E-state index is 14.1. The van der Waals surface area contributed by atoms with Crippen LogP contribution in [0.25, 0.3) is 0 Å². The van der Waals surface area contributed by atoms with Gasteiger partial charge < -0.3 is 21.1 Å². The first-order chi connectivity index (χ1) is 18.6. The highest BCUT2D eigenvalue weighted by Crippen LogP contribution is 2.56. The molecule has 2 aromatic rings. The first-order valence-electron chi connectivity index (χ1n) is 12.4. The van der Waals surface area contributed by atoms with Crippen molar-refractivity contribution in [2.24, 2.45) is 17.6 Å². The van der Waals surface area contributed by atoms with Crippen LogP contribution in [0.3, 0.4) is 0 Å². The Morgan fingerprint density at radius 1 is 1.15 bits per heavy atom. The van der Waals surface area contributed by atoms with E-state index in [4.69, 9.17) is 33.7 Å². The summed E-state index contributed by atoms with van der Waals surface area (Å²) in [5.74, 6) is -1.95. The van der Waals surface area contributed by atoms with E-state index < -0.39 is 35.2 Å². The Morgan fingerprint density at radius 2 is 1.92 bits per heavy atom. The van der Waals surface area contributed by atoms with Gasteiger partial charge in [0.2, 0.25) is 17.7 Å². The van der Waals surface area contributed by atoms with Crippen LogP contribution in [-0.4, -0.2) is 36.9 Å². The number of fused-ring (bicyclic) bond motifs is 2. The van der Waals surface area contributed by atoms with E-state index in [9.17, 15) is 14.4 Å². The second-order valence-electron chi connectivity index (χ2n) is 10.1. The second kappa shape index (κ2) is 10.2. The maximum Gasteiger partial charge on any atom is 0.248 e. The minimum absolute atomic E-state index is 0.233. The van der Waals surface area contributed by atoms with Gasteiger partial charge in [-0.3, -0.25) is 19.7 Å². The highest BCUT2D eigenvalue weighted by molar-refractivity contribution is 6.31. The van der Waals surface area contributed by atoms with Crippen molar-refractivity contribution in [3.8, 4) is 5.75 Å². The fourth-order valence-electron chi connectivity index (χ4n) is 6.03. The molecule has 5 N–H and O–H groups in total. The van der Waals surface area contributed by atoms with Gasteiger partial charge in [-0.05, 0) is 55.8 Å². The smallest absolute Gasteiger partial charge is 0.248 e. The number of carbonyl (C=O) groups is 3. The molecule has 10 heteroatoms. The van der Waals surface area contributed by atoms with Crippen LogP contribution >= 0.6 is 23.2 Å². The van der Waals surface area contributed by atoms with Gasteiger partial charge in [-0.2, -0.15) is 0 Å². The van der Waals surface area contributed by atoms with Crippen molar-refractivity contribution >= 4 is 52.3 Å². The lowest BCUT2D eigenvalue weighted by Crippen LogP contribution is -2.50. The SMILES string of the molecule is COc1cc(C(N)=O)ccc1NC(=O)[C@@H]1N[C@@H](C=C(C)C)[C@@]2(C(=O)Nc3cc(Cl)ccc32)C1C1C=CC=C1Cl. The minimum atomic E-state index is -1.16. The predicted molar refractivity (Wildman–Crippen MR) is 152 cm³/mol. The molecule has 0 radical (unpaired) electrons. The lowest BCUT2D eigenvalue weighted by Gasteiger charge is -2.37. The number of halogens is 2. The fraction of sp³-hybridized carbons (Fsp3) is 0.276. The fourth-order valence-corrected chi connectivity index (χ4v) is 6.48. The Morgan fingerprint density at radius 3 is 2.56 bits per heavy atom. The third-order valence-electron chi connectivity index (χ3n) is 7.59. The summed E-state index contributed by atoms with van der Waals surface area (Å²) < 4.78 is 5.41. The molecule has 2 heterocycles. The van der Waals surface area contributed by atoms with Crippen molar-refractivity contribution in [1.82, 2.24) is 5.32 Å². The van der Waals surface area contributed by atoms with E-state index in [-0.39, 0.29) is 23.1 Å². The molecule has 39 heavy (non-hydrogen) atoms. The van der Waals surface area contributed by atoms with Gasteiger partial charge in [-0.1, -0.05) is 53.1 Å². The van der Waals surface area contributed by atoms with Crippen LogP contribution in [-0.2, 0) is 15.0 Å². The molecule has 3 amide bonds. The zero-order chi connectivity index (χ0) is 28.1. The van der Waals surface area contributed by atoms with Gasteiger partial charge in [0.25, 0.3) is 0 Å². The van der Waals surface area contributed by atoms with E-state index in [1.165, 1.54) is 19.2 Å². The molecule has 8 nitrogen and oxygen atoms in total. The lowest BCUT2D eigenvalue weighted by atomic mass is 9.62. The van der Waals surface area contributed by atoms with Crippen LogP contribution in [0.4, 0.5) is 11.4 Å². The second-order valence-corrected chi connectivity index (χ2v) is 11.0. The molecule has 2 aromatic carbocycles. The number of methoxy groups -OCH3 is 1. The number of hydrogen-bond acceptors (Lipinski definition) is 5. The standard InChI is InChI=1S/C29H28Cl2N4O4/c1-14(2)11-23-29(18-9-8-16(30)13-21(18)34-28(29)38)24(17-5-4-6-19(17)31)25(35-23)27(37)33-20-10-7-15(26(32)36)12-22(20)39-3/h4-13,17,23-25,35H,1-3H3,(H2,32,36)(H,33,37)(H,34,38)/t17?,23-,24?,25+,29+/m0/s1. The lowest BCUT2D eigenvalue weighted by molar-refractivity contribution is -0.123. The summed E-state index contributed by atoms with van der Waals surface area (Å²) in [6.07, 6.45) is 7.52. The molecular weight excluding hydrogens is 539 g/mol. The van der Waals surface area contributed by atoms with E-state index in [0.717, 1.165) is 11.1 Å². The topological polar surface area (TPSA) is 123 Å². The Labute approximate surface area is 236 Å². The molecular formula is C29H28Cl2N4O4. The highest BCUT2D eigenvalue weighted by atomic mass is 35.5. The highest BCUT2D eigenvalue weighted by Gasteiger charge is 2.66. The van der Waals surface area contributed by atoms with Crippen LogP contribution in [0.1, 0.15) is 29.8 Å². The molecule has 3 aliphatic rings. The predicted octanol–water partition coefficient (Wildman–Crippen LogP) is 4.51. The molecule has 2 aliphatic heterocycles. The van der Waals surface area contributed by atoms with Gasteiger partial charge in [0.05, 0.1) is 18.8 Å². The molecule has 0 aromatic heterocycles. The van der Waals surface area contributed by atoms with E-state index in [2.05, 4.69) is 16.0 Å². The molecule has 1 spiro atoms. The third-order valence-corrected chi connectivity index (χ3v) is 8.20. The maximum absolute atomic E-state index is 14.1. The van der Waals surface area contributed by atoms with Gasteiger partial charge in [0, 0.05) is 39.2 Å². The molecule has 202 valence electrons. The number of benzene rings is 2. The van der Waals surface area contributed by atoms with E-state index in [1.807, 2.05) is 38.1 Å². The largest absolute Gasteiger partial charge is 0.495 e. The van der Waals surface area contributed by atoms with Crippen molar-refractivity contribution < 1.29 is 19.1 Å². The first kappa shape index (κ1) is 27.0. The minimum Gasteiger partial charge on any atom is -0.495 e. The van der Waals surface area contributed by atoms with Crippen LogP contribution < -0.4 is 26.4 Å². The van der Waals surface area contributed by atoms with Gasteiger partial charge in [-0.15, -0.1) is 0 Å². The van der Waals surface area contributed by atoms with Gasteiger partial charge in [-0.25, -0.2) is 0 Å². The zero-order valence-corrected chi connectivity index (χ0v) is 23.1. The number of carbonyl (C=O) groups excluding carboxylic acids is 3. The van der Waals surface area contributed by atoms with Gasteiger partial charge >= 0.3 is 0 Å². The number of hydrogen-bond donors (Lipinski definition) is 4. The van der Waals surface area contributed by atoms with Crippen LogP contribution in [0.2, 0.25) is 5.02 Å². The normalized spacial score (nSPS) is 26.7. The molecule has 1 aliphatic carbocycles. The van der Waals surface area contributed by atoms with Gasteiger partial charge in [0.1, 0.15) is 11.2 Å². The van der Waals surface area contributed by atoms with Crippen LogP contribution in [0.5, 0.6) is 5.75 Å². The molecule has 1 saturated heterocycles. The summed E-state index contributed by atoms with van der Waals surface area (Å²) in [7, 11) is 1.44. The molecule has 1 fully saturated rings. The summed E-state index contributed by atoms with van der Waals surface area (Å²) in [6.45, 7) is 3.89. The average molecular weight is 567 g/mol. The third kappa shape index (κ3) is 4.42. The number of rotatable bonds is 6.